The molecule has 0 aromatic carbocycles. The van der Waals surface area contributed by atoms with Crippen molar-refractivity contribution in [3.05, 3.63) is 16.8 Å². The third-order valence-corrected chi connectivity index (χ3v) is 3.33. The van der Waals surface area contributed by atoms with Crippen LogP contribution in [0, 0.1) is 5.92 Å². The number of hydrogen-bond acceptors (Lipinski definition) is 5. The molecule has 2 aromatic rings. The highest BCUT2D eigenvalue weighted by Crippen LogP contribution is 2.48. The Bertz CT molecular complexity index is 666. The molecule has 18 heavy (non-hydrogen) atoms. The van der Waals surface area contributed by atoms with Gasteiger partial charge < -0.3 is 15.4 Å². The van der Waals surface area contributed by atoms with E-state index in [4.69, 9.17) is 10.8 Å². The number of rotatable bonds is 3. The molecule has 1 fully saturated rings. The number of nitrogen functional groups attached to an aromatic ring is 1. The number of anilines is 1. The summed E-state index contributed by atoms with van der Waals surface area (Å²) in [5, 5.41) is 8.92. The molecule has 3 rings (SSSR count). The second-order valence-corrected chi connectivity index (χ2v) is 4.62. The Morgan fingerprint density at radius 2 is 2.50 bits per heavy atom. The predicted molar refractivity (Wildman–Crippen MR) is 61.6 cm³/mol. The molecular formula is C10H12FN5O2. The molecule has 0 saturated heterocycles. The van der Waals surface area contributed by atoms with Crippen LogP contribution in [0.5, 0.6) is 0 Å². The van der Waals surface area contributed by atoms with E-state index in [0.717, 1.165) is 0 Å². The van der Waals surface area contributed by atoms with Crippen molar-refractivity contribution in [2.45, 2.75) is 18.6 Å². The summed E-state index contributed by atoms with van der Waals surface area (Å²) in [5.74, 6) is -0.236. The number of halogens is 1. The molecule has 8 heteroatoms. The van der Waals surface area contributed by atoms with E-state index in [-0.39, 0.29) is 30.5 Å². The molecule has 4 N–H and O–H groups in total. The number of aliphatic hydroxyl groups is 1. The zero-order chi connectivity index (χ0) is 12.9. The van der Waals surface area contributed by atoms with Gasteiger partial charge in [0.2, 0.25) is 0 Å². The lowest BCUT2D eigenvalue weighted by Gasteiger charge is -2.08. The molecule has 7 nitrogen and oxygen atoms in total. The maximum atomic E-state index is 14.1. The molecule has 0 spiro atoms. The Balaban J connectivity index is 2.01. The molecule has 1 aliphatic rings. The summed E-state index contributed by atoms with van der Waals surface area (Å²) in [4.78, 5) is 21.3. The minimum atomic E-state index is -1.44. The van der Waals surface area contributed by atoms with E-state index in [1.54, 1.807) is 0 Å². The van der Waals surface area contributed by atoms with Crippen molar-refractivity contribution < 1.29 is 9.50 Å². The zero-order valence-corrected chi connectivity index (χ0v) is 9.43. The first-order valence-corrected chi connectivity index (χ1v) is 5.54. The highest BCUT2D eigenvalue weighted by atomic mass is 19.1. The molecular weight excluding hydrogens is 241 g/mol. The highest BCUT2D eigenvalue weighted by Gasteiger charge is 2.55. The molecule has 96 valence electrons. The predicted octanol–water partition coefficient (Wildman–Crippen LogP) is -0.578. The van der Waals surface area contributed by atoms with Gasteiger partial charge in [-0.1, -0.05) is 0 Å². The van der Waals surface area contributed by atoms with E-state index >= 15 is 0 Å². The van der Waals surface area contributed by atoms with Crippen LogP contribution in [0.2, 0.25) is 0 Å². The maximum Gasteiger partial charge on any atom is 0.348 e. The van der Waals surface area contributed by atoms with Crippen LogP contribution < -0.4 is 11.4 Å². The minimum Gasteiger partial charge on any atom is -0.396 e. The second-order valence-electron chi connectivity index (χ2n) is 4.62. The third kappa shape index (κ3) is 1.57. The van der Waals surface area contributed by atoms with Crippen LogP contribution in [0.25, 0.3) is 11.2 Å². The van der Waals surface area contributed by atoms with Gasteiger partial charge in [0.05, 0.1) is 12.9 Å². The van der Waals surface area contributed by atoms with E-state index < -0.39 is 11.4 Å². The molecule has 1 aliphatic carbocycles. The average molecular weight is 253 g/mol. The summed E-state index contributed by atoms with van der Waals surface area (Å²) in [6.45, 7) is -0.163. The van der Waals surface area contributed by atoms with Crippen molar-refractivity contribution >= 4 is 17.0 Å². The molecule has 0 bridgehead atoms. The quantitative estimate of drug-likeness (QED) is 0.678. The van der Waals surface area contributed by atoms with Crippen molar-refractivity contribution in [2.24, 2.45) is 5.92 Å². The maximum absolute atomic E-state index is 14.1. The van der Waals surface area contributed by atoms with Crippen molar-refractivity contribution in [1.82, 2.24) is 19.5 Å². The van der Waals surface area contributed by atoms with Crippen LogP contribution in [-0.4, -0.2) is 36.9 Å². The number of alkyl halides is 1. The Morgan fingerprint density at radius 3 is 3.17 bits per heavy atom. The first-order chi connectivity index (χ1) is 8.53. The standard InChI is InChI=1S/C10H12FN5O2/c11-10(1-5(10)2-17)3-16-4-13-6-7(12)14-9(18)15-8(6)16/h4-5,17H,1-3H2,(H3,12,14,15,18)/t5-,10+/m0/s1. The molecule has 2 heterocycles. The summed E-state index contributed by atoms with van der Waals surface area (Å²) in [6.07, 6.45) is 1.71. The number of hydrogen-bond donors (Lipinski definition) is 3. The second kappa shape index (κ2) is 3.52. The molecule has 0 radical (unpaired) electrons. The van der Waals surface area contributed by atoms with E-state index in [0.29, 0.717) is 11.9 Å². The van der Waals surface area contributed by atoms with Crippen LogP contribution >= 0.6 is 0 Å². The Labute approximate surface area is 100 Å². The number of nitrogens with one attached hydrogen (secondary N) is 1. The largest absolute Gasteiger partial charge is 0.396 e. The molecule has 0 amide bonds. The van der Waals surface area contributed by atoms with E-state index in [9.17, 15) is 9.18 Å². The van der Waals surface area contributed by atoms with Gasteiger partial charge in [-0.2, -0.15) is 4.98 Å². The SMILES string of the molecule is Nc1[nH]c(=O)nc2c1ncn2C[C@]1(F)C[C@H]1CO. The van der Waals surface area contributed by atoms with Crippen LogP contribution in [0.3, 0.4) is 0 Å². The van der Waals surface area contributed by atoms with Crippen molar-refractivity contribution in [3.8, 4) is 0 Å². The number of nitrogens with zero attached hydrogens (tertiary/aromatic N) is 3. The van der Waals surface area contributed by atoms with Gasteiger partial charge in [0.15, 0.2) is 5.65 Å². The van der Waals surface area contributed by atoms with Gasteiger partial charge in [-0.25, -0.2) is 14.2 Å². The van der Waals surface area contributed by atoms with Crippen LogP contribution in [0.15, 0.2) is 11.1 Å². The zero-order valence-electron chi connectivity index (χ0n) is 9.43. The van der Waals surface area contributed by atoms with Crippen LogP contribution in [0.4, 0.5) is 10.2 Å². The van der Waals surface area contributed by atoms with Crippen LogP contribution in [-0.2, 0) is 6.54 Å². The molecule has 0 unspecified atom stereocenters. The van der Waals surface area contributed by atoms with Gasteiger partial charge in [-0.3, -0.25) is 4.98 Å². The molecule has 1 saturated carbocycles. The topological polar surface area (TPSA) is 110 Å². The summed E-state index contributed by atoms with van der Waals surface area (Å²) in [6, 6.07) is 0. The lowest BCUT2D eigenvalue weighted by Crippen LogP contribution is -2.19. The van der Waals surface area contributed by atoms with Crippen molar-refractivity contribution in [3.63, 3.8) is 0 Å². The fraction of sp³-hybridized carbons (Fsp3) is 0.500. The van der Waals surface area contributed by atoms with Gasteiger partial charge in [-0.15, -0.1) is 0 Å². The number of aromatic nitrogens is 4. The number of nitrogens with two attached hydrogens (primary N) is 1. The fourth-order valence-corrected chi connectivity index (χ4v) is 2.15. The van der Waals surface area contributed by atoms with Crippen molar-refractivity contribution in [1.29, 1.82) is 0 Å². The van der Waals surface area contributed by atoms with Gasteiger partial charge in [0, 0.05) is 12.5 Å². The van der Waals surface area contributed by atoms with Gasteiger partial charge in [-0.05, 0) is 6.42 Å². The molecule has 0 aliphatic heterocycles. The smallest absolute Gasteiger partial charge is 0.348 e. The highest BCUT2D eigenvalue weighted by molar-refractivity contribution is 5.81. The Kier molecular flexibility index (Phi) is 2.18. The number of H-pyrrole nitrogens is 1. The van der Waals surface area contributed by atoms with Gasteiger partial charge >= 0.3 is 5.69 Å². The lowest BCUT2D eigenvalue weighted by atomic mass is 10.3. The average Bonchev–Trinajstić information content (AvgIpc) is 2.79. The normalized spacial score (nSPS) is 26.7. The van der Waals surface area contributed by atoms with Gasteiger partial charge in [0.1, 0.15) is 17.0 Å². The Morgan fingerprint density at radius 1 is 1.72 bits per heavy atom. The first-order valence-electron chi connectivity index (χ1n) is 5.54. The third-order valence-electron chi connectivity index (χ3n) is 3.33. The first kappa shape index (κ1) is 11.1. The monoisotopic (exact) mass is 253 g/mol. The van der Waals surface area contributed by atoms with E-state index in [1.807, 2.05) is 0 Å². The number of aromatic amines is 1. The summed E-state index contributed by atoms with van der Waals surface area (Å²) < 4.78 is 15.6. The summed E-state index contributed by atoms with van der Waals surface area (Å²) in [5.41, 5.74) is 4.17. The van der Waals surface area contributed by atoms with Gasteiger partial charge in [0.25, 0.3) is 0 Å². The molecule has 2 atom stereocenters. The van der Waals surface area contributed by atoms with E-state index in [2.05, 4.69) is 15.0 Å². The van der Waals surface area contributed by atoms with E-state index in [1.165, 1.54) is 10.9 Å². The fourth-order valence-electron chi connectivity index (χ4n) is 2.15. The molecule has 2 aromatic heterocycles. The number of fused-ring (bicyclic) bond motifs is 1. The Hall–Kier alpha value is -1.96. The van der Waals surface area contributed by atoms with Crippen LogP contribution in [0.1, 0.15) is 6.42 Å². The summed E-state index contributed by atoms with van der Waals surface area (Å²) in [7, 11) is 0. The summed E-state index contributed by atoms with van der Waals surface area (Å²) >= 11 is 0. The lowest BCUT2D eigenvalue weighted by molar-refractivity contribution is 0.194. The minimum absolute atomic E-state index is 0.0185. The number of aliphatic hydroxyl groups excluding tert-OH is 1. The number of imidazole rings is 1. The van der Waals surface area contributed by atoms with Crippen molar-refractivity contribution in [2.75, 3.05) is 12.3 Å².